The molecule has 2 amide bonds. The number of methoxy groups -OCH3 is 2. The molecule has 2 aromatic carbocycles. The first-order valence-corrected chi connectivity index (χ1v) is 10.9. The van der Waals surface area contributed by atoms with Crippen LogP contribution >= 0.6 is 0 Å². The molecular weight excluding hydrogens is 434 g/mol. The first-order chi connectivity index (χ1) is 16.6. The highest BCUT2D eigenvalue weighted by Gasteiger charge is 2.24. The Hall–Kier alpha value is -4.34. The average molecular weight is 460 g/mol. The number of carbonyl (C=O) groups is 1. The van der Waals surface area contributed by atoms with E-state index in [4.69, 9.17) is 9.47 Å². The molecule has 0 fully saturated rings. The minimum absolute atomic E-state index is 0.109. The Morgan fingerprint density at radius 3 is 2.71 bits per heavy atom. The SMILES string of the molecule is COc1ccc(-n2cc(Cn3ncc4c3CCN(C(=O)Nc3ccccc3)C4)nn2)cc1OC. The summed E-state index contributed by atoms with van der Waals surface area (Å²) in [6, 6.07) is 14.9. The Morgan fingerprint density at radius 1 is 1.09 bits per heavy atom. The number of nitrogens with zero attached hydrogens (tertiary/aromatic N) is 6. The fraction of sp³-hybridized carbons (Fsp3) is 0.250. The molecule has 0 unspecified atom stereocenters. The van der Waals surface area contributed by atoms with Gasteiger partial charge in [-0.2, -0.15) is 5.10 Å². The van der Waals surface area contributed by atoms with E-state index in [1.165, 1.54) is 0 Å². The van der Waals surface area contributed by atoms with Gasteiger partial charge in [-0.15, -0.1) is 5.10 Å². The minimum atomic E-state index is -0.109. The molecular formula is C24H25N7O3. The van der Waals surface area contributed by atoms with Crippen molar-refractivity contribution in [1.82, 2.24) is 29.7 Å². The number of ether oxygens (including phenoxy) is 2. The highest BCUT2D eigenvalue weighted by molar-refractivity contribution is 5.89. The number of urea groups is 1. The third kappa shape index (κ3) is 4.29. The number of para-hydroxylation sites is 1. The molecule has 0 bridgehead atoms. The van der Waals surface area contributed by atoms with Gasteiger partial charge in [0.2, 0.25) is 0 Å². The zero-order valence-corrected chi connectivity index (χ0v) is 19.0. The Kier molecular flexibility index (Phi) is 5.86. The molecule has 1 aliphatic rings. The van der Waals surface area contributed by atoms with E-state index in [1.54, 1.807) is 23.8 Å². The predicted molar refractivity (Wildman–Crippen MR) is 125 cm³/mol. The van der Waals surface area contributed by atoms with E-state index in [0.29, 0.717) is 31.1 Å². The normalized spacial score (nSPS) is 12.8. The van der Waals surface area contributed by atoms with Crippen LogP contribution in [0.2, 0.25) is 0 Å². The topological polar surface area (TPSA) is 99.3 Å². The predicted octanol–water partition coefficient (Wildman–Crippen LogP) is 3.12. The van der Waals surface area contributed by atoms with Crippen molar-refractivity contribution in [3.63, 3.8) is 0 Å². The fourth-order valence-electron chi connectivity index (χ4n) is 4.05. The van der Waals surface area contributed by atoms with Gasteiger partial charge in [0.1, 0.15) is 5.69 Å². The molecule has 10 heteroatoms. The van der Waals surface area contributed by atoms with Crippen LogP contribution in [0.25, 0.3) is 5.69 Å². The van der Waals surface area contributed by atoms with Gasteiger partial charge in [0.05, 0.1) is 45.4 Å². The molecule has 0 saturated heterocycles. The van der Waals surface area contributed by atoms with Gasteiger partial charge in [0, 0.05) is 36.0 Å². The summed E-state index contributed by atoms with van der Waals surface area (Å²) < 4.78 is 14.3. The van der Waals surface area contributed by atoms with Gasteiger partial charge in [-0.05, 0) is 24.3 Å². The van der Waals surface area contributed by atoms with Crippen LogP contribution < -0.4 is 14.8 Å². The van der Waals surface area contributed by atoms with Crippen molar-refractivity contribution >= 4 is 11.7 Å². The van der Waals surface area contributed by atoms with Crippen molar-refractivity contribution in [1.29, 1.82) is 0 Å². The lowest BCUT2D eigenvalue weighted by Crippen LogP contribution is -2.39. The summed E-state index contributed by atoms with van der Waals surface area (Å²) in [6.07, 6.45) is 4.43. The van der Waals surface area contributed by atoms with Gasteiger partial charge < -0.3 is 19.7 Å². The van der Waals surface area contributed by atoms with Crippen LogP contribution in [-0.4, -0.2) is 56.5 Å². The molecule has 34 heavy (non-hydrogen) atoms. The number of hydrogen-bond donors (Lipinski definition) is 1. The van der Waals surface area contributed by atoms with Crippen LogP contribution in [0.4, 0.5) is 10.5 Å². The number of anilines is 1. The summed E-state index contributed by atoms with van der Waals surface area (Å²) in [7, 11) is 3.20. The van der Waals surface area contributed by atoms with E-state index >= 15 is 0 Å². The third-order valence-corrected chi connectivity index (χ3v) is 5.81. The number of fused-ring (bicyclic) bond motifs is 1. The van der Waals surface area contributed by atoms with E-state index in [0.717, 1.165) is 34.7 Å². The largest absolute Gasteiger partial charge is 0.493 e. The number of nitrogens with one attached hydrogen (secondary N) is 1. The highest BCUT2D eigenvalue weighted by Crippen LogP contribution is 2.29. The third-order valence-electron chi connectivity index (χ3n) is 5.81. The number of carbonyl (C=O) groups excluding carboxylic acids is 1. The van der Waals surface area contributed by atoms with Crippen molar-refractivity contribution < 1.29 is 14.3 Å². The van der Waals surface area contributed by atoms with Crippen LogP contribution in [0.1, 0.15) is 17.0 Å². The standard InChI is InChI=1S/C24H25N7O3/c1-33-22-9-8-20(12-23(22)34-2)30-15-19(27-28-30)16-31-21-10-11-29(14-17(21)13-25-31)24(32)26-18-6-4-3-5-7-18/h3-9,12-13,15H,10-11,14,16H2,1-2H3,(H,26,32). The number of hydrogen-bond acceptors (Lipinski definition) is 6. The lowest BCUT2D eigenvalue weighted by atomic mass is 10.1. The second kappa shape index (κ2) is 9.26. The number of aromatic nitrogens is 5. The minimum Gasteiger partial charge on any atom is -0.493 e. The van der Waals surface area contributed by atoms with Gasteiger partial charge in [0.15, 0.2) is 11.5 Å². The molecule has 0 radical (unpaired) electrons. The fourth-order valence-corrected chi connectivity index (χ4v) is 4.05. The van der Waals surface area contributed by atoms with Crippen molar-refractivity contribution in [3.05, 3.63) is 77.9 Å². The molecule has 0 aliphatic carbocycles. The molecule has 174 valence electrons. The average Bonchev–Trinajstić information content (AvgIpc) is 3.51. The number of amides is 2. The van der Waals surface area contributed by atoms with Crippen molar-refractivity contribution in [2.24, 2.45) is 0 Å². The Balaban J connectivity index is 1.27. The van der Waals surface area contributed by atoms with E-state index in [2.05, 4.69) is 20.7 Å². The van der Waals surface area contributed by atoms with Crippen LogP contribution in [-0.2, 0) is 19.5 Å². The van der Waals surface area contributed by atoms with E-state index < -0.39 is 0 Å². The molecule has 1 aliphatic heterocycles. The second-order valence-electron chi connectivity index (χ2n) is 7.94. The Labute approximate surface area is 196 Å². The van der Waals surface area contributed by atoms with Crippen LogP contribution in [0, 0.1) is 0 Å². The van der Waals surface area contributed by atoms with Crippen LogP contribution in [0.3, 0.4) is 0 Å². The lowest BCUT2D eigenvalue weighted by Gasteiger charge is -2.27. The summed E-state index contributed by atoms with van der Waals surface area (Å²) in [4.78, 5) is 14.4. The molecule has 1 N–H and O–H groups in total. The zero-order valence-electron chi connectivity index (χ0n) is 19.0. The van der Waals surface area contributed by atoms with Gasteiger partial charge >= 0.3 is 6.03 Å². The summed E-state index contributed by atoms with van der Waals surface area (Å²) in [5.41, 5.74) is 4.54. The molecule has 0 saturated carbocycles. The van der Waals surface area contributed by atoms with Gasteiger partial charge in [0.25, 0.3) is 0 Å². The van der Waals surface area contributed by atoms with Crippen LogP contribution in [0.15, 0.2) is 60.9 Å². The molecule has 4 aromatic rings. The monoisotopic (exact) mass is 459 g/mol. The van der Waals surface area contributed by atoms with Crippen molar-refractivity contribution in [2.75, 3.05) is 26.1 Å². The van der Waals surface area contributed by atoms with E-state index in [9.17, 15) is 4.79 Å². The lowest BCUT2D eigenvalue weighted by molar-refractivity contribution is 0.205. The molecule has 0 spiro atoms. The van der Waals surface area contributed by atoms with E-state index in [-0.39, 0.29) is 6.03 Å². The molecule has 0 atom stereocenters. The quantitative estimate of drug-likeness (QED) is 0.476. The molecule has 3 heterocycles. The second-order valence-corrected chi connectivity index (χ2v) is 7.94. The molecule has 5 rings (SSSR count). The van der Waals surface area contributed by atoms with Crippen molar-refractivity contribution in [3.8, 4) is 17.2 Å². The summed E-state index contributed by atoms with van der Waals surface area (Å²) in [5, 5.41) is 16.1. The zero-order chi connectivity index (χ0) is 23.5. The molecule has 2 aromatic heterocycles. The van der Waals surface area contributed by atoms with Crippen molar-refractivity contribution in [2.45, 2.75) is 19.5 Å². The highest BCUT2D eigenvalue weighted by atomic mass is 16.5. The van der Waals surface area contributed by atoms with Gasteiger partial charge in [-0.3, -0.25) is 4.68 Å². The maximum atomic E-state index is 12.6. The summed E-state index contributed by atoms with van der Waals surface area (Å²) in [5.74, 6) is 1.28. The maximum Gasteiger partial charge on any atom is 0.322 e. The van der Waals surface area contributed by atoms with Gasteiger partial charge in [-0.25, -0.2) is 9.48 Å². The maximum absolute atomic E-state index is 12.6. The first kappa shape index (κ1) is 21.5. The summed E-state index contributed by atoms with van der Waals surface area (Å²) in [6.45, 7) is 1.64. The number of benzene rings is 2. The van der Waals surface area contributed by atoms with Gasteiger partial charge in [-0.1, -0.05) is 23.4 Å². The van der Waals surface area contributed by atoms with Crippen LogP contribution in [0.5, 0.6) is 11.5 Å². The Morgan fingerprint density at radius 2 is 1.91 bits per heavy atom. The smallest absolute Gasteiger partial charge is 0.322 e. The number of rotatable bonds is 6. The first-order valence-electron chi connectivity index (χ1n) is 10.9. The Bertz CT molecular complexity index is 1300. The summed E-state index contributed by atoms with van der Waals surface area (Å²) >= 11 is 0. The van der Waals surface area contributed by atoms with E-state index in [1.807, 2.05) is 65.6 Å². The molecule has 10 nitrogen and oxygen atoms in total.